The highest BCUT2D eigenvalue weighted by Gasteiger charge is 2.76. The number of phosphoric acid groups is 1. The molecule has 486 valence electrons. The van der Waals surface area contributed by atoms with Gasteiger partial charge >= 0.3 is 19.9 Å². The van der Waals surface area contributed by atoms with Gasteiger partial charge in [-0.3, -0.25) is 24.7 Å². The number of carbonyl (C=O) groups excluding carboxylic acids is 4. The van der Waals surface area contributed by atoms with Crippen molar-refractivity contribution < 1.29 is 71.7 Å². The van der Waals surface area contributed by atoms with Crippen molar-refractivity contribution >= 4 is 37.1 Å². The van der Waals surface area contributed by atoms with E-state index in [0.29, 0.717) is 37.2 Å². The van der Waals surface area contributed by atoms with E-state index in [0.717, 1.165) is 138 Å². The molecule has 0 unspecified atom stereocenters. The van der Waals surface area contributed by atoms with E-state index in [9.17, 15) is 38.9 Å². The molecule has 3 aromatic rings. The second-order valence-electron chi connectivity index (χ2n) is 27.2. The molecule has 6 N–H and O–H groups in total. The molecule has 6 fully saturated rings. The quantitative estimate of drug-likeness (QED) is 0.0171. The summed E-state index contributed by atoms with van der Waals surface area (Å²) < 4.78 is 43.4. The van der Waals surface area contributed by atoms with Crippen LogP contribution in [0.25, 0.3) is 11.1 Å². The number of ketones is 2. The Morgan fingerprint density at radius 2 is 1.58 bits per heavy atom. The molecule has 10 rings (SSSR count). The summed E-state index contributed by atoms with van der Waals surface area (Å²) in [6, 6.07) is 22.5. The molecule has 0 radical (unpaired) electrons. The number of quaternary nitrogens is 1. The second-order valence-corrected chi connectivity index (χ2v) is 28.4. The molecule has 7 aliphatic rings. The number of likely N-dealkylation sites (tertiary alicyclic amines) is 1. The second kappa shape index (κ2) is 29.2. The van der Waals surface area contributed by atoms with Gasteiger partial charge in [0.15, 0.2) is 30.8 Å². The van der Waals surface area contributed by atoms with Crippen molar-refractivity contribution in [3.8, 4) is 16.9 Å². The van der Waals surface area contributed by atoms with E-state index in [1.807, 2.05) is 74.5 Å². The zero-order chi connectivity index (χ0) is 63.0. The molecule has 2 aliphatic heterocycles. The smallest absolute Gasteiger partial charge is 0.453 e. The summed E-state index contributed by atoms with van der Waals surface area (Å²) in [7, 11) is -5.01. The average Bonchev–Trinajstić information content (AvgIpc) is 1.54. The molecule has 0 aromatic heterocycles. The fourth-order valence-electron chi connectivity index (χ4n) is 16.8. The predicted octanol–water partition coefficient (Wildman–Crippen LogP) is 11.3. The number of allylic oxidation sites excluding steroid dienone is 4. The monoisotopic (exact) mass is 1250 g/mol. The summed E-state index contributed by atoms with van der Waals surface area (Å²) in [5.74, 6) is -1.14. The Morgan fingerprint density at radius 3 is 2.31 bits per heavy atom. The van der Waals surface area contributed by atoms with Crippen molar-refractivity contribution in [2.45, 2.75) is 186 Å². The van der Waals surface area contributed by atoms with Crippen molar-refractivity contribution in [3.63, 3.8) is 0 Å². The first-order valence-corrected chi connectivity index (χ1v) is 34.9. The number of carbonyl (C=O) groups is 4. The lowest BCUT2D eigenvalue weighted by Crippen LogP contribution is -2.64. The molecule has 5 aliphatic carbocycles. The molecule has 0 bridgehead atoms. The van der Waals surface area contributed by atoms with E-state index < -0.39 is 67.5 Å². The molecule has 2 saturated heterocycles. The zero-order valence-electron chi connectivity index (χ0n) is 52.9. The van der Waals surface area contributed by atoms with Crippen LogP contribution in [0.15, 0.2) is 96.6 Å². The number of rotatable bonds is 28. The highest BCUT2D eigenvalue weighted by molar-refractivity contribution is 7.46. The maximum Gasteiger partial charge on any atom is 0.524 e. The average molecular weight is 1250 g/mol. The van der Waals surface area contributed by atoms with Crippen LogP contribution in [0, 0.1) is 34.5 Å². The van der Waals surface area contributed by atoms with E-state index in [4.69, 9.17) is 23.5 Å². The number of fused-ring (bicyclic) bond motifs is 7. The van der Waals surface area contributed by atoms with Gasteiger partial charge in [0.25, 0.3) is 0 Å². The van der Waals surface area contributed by atoms with Crippen LogP contribution in [-0.2, 0) is 44.4 Å². The fraction of sp³-hybridized carbons (Fsp3) is 0.629. The molecule has 19 heteroatoms. The molecule has 2 heterocycles. The van der Waals surface area contributed by atoms with Crippen LogP contribution in [0.5, 0.6) is 5.75 Å². The molecule has 0 spiro atoms. The topological polar surface area (TPSA) is 240 Å². The SMILES string of the molecule is CC[N+](CC)(CC(=O)OCC(=O)[C@@]12O[C@H](C3CCCCC3)O[C@@H]1C[C@H]1[C@@H]3CCC4=CC(=O)C=C[C@]4(C)[C@H]3[C@@H](O)C[C@@]12C)Cc1cc([C@@H](O)CNCCCCCCCCCN2CCC(OC(=O)Nc3ccccc3-c3ccccc3)CC2)ccc1OP(=O)(O)O. The van der Waals surface area contributed by atoms with Gasteiger partial charge in [-0.1, -0.05) is 131 Å². The van der Waals surface area contributed by atoms with E-state index in [-0.39, 0.29) is 77.6 Å². The van der Waals surface area contributed by atoms with Crippen LogP contribution in [-0.4, -0.2) is 142 Å². The van der Waals surface area contributed by atoms with Crippen molar-refractivity contribution in [1.29, 1.82) is 0 Å². The third-order valence-electron chi connectivity index (χ3n) is 21.8. The van der Waals surface area contributed by atoms with Crippen molar-refractivity contribution in [2.75, 3.05) is 64.3 Å². The number of nitrogens with zero attached hydrogens (tertiary/aromatic N) is 2. The minimum atomic E-state index is -5.01. The summed E-state index contributed by atoms with van der Waals surface area (Å²) in [6.45, 7) is 12.1. The van der Waals surface area contributed by atoms with Gasteiger partial charge in [0.05, 0.1) is 37.1 Å². The summed E-state index contributed by atoms with van der Waals surface area (Å²) >= 11 is 0. The number of aliphatic hydroxyl groups excluding tert-OH is 2. The van der Waals surface area contributed by atoms with Gasteiger partial charge in [-0.05, 0) is 144 Å². The number of ether oxygens (including phenoxy) is 4. The van der Waals surface area contributed by atoms with Crippen LogP contribution in [0.1, 0.15) is 161 Å². The highest BCUT2D eigenvalue weighted by Crippen LogP contribution is 2.70. The van der Waals surface area contributed by atoms with E-state index in [2.05, 4.69) is 29.4 Å². The number of aliphatic hydroxyl groups is 2. The number of benzene rings is 3. The standard InChI is InChI=1S/C70H97N4O14P/c1-5-74(6-2,46-64(79)84-47-62(78)70-63(86-66(87-70)49-24-16-13-17-25-49)42-57-56-30-29-52-41-53(75)32-35-68(52,3)65(56)59(76)43-69(57,70)4)45-51-40-50(28-31-61(51)88-89(81,82)83)60(77)44-71-36-20-10-8-7-9-11-21-37-73-38-33-54(34-39-73)85-67(80)72-58-27-19-18-26-55(58)48-22-14-12-15-23-48/h12,14-15,18-19,22-23,26-28,31-32,35,40-41,49,54,56-57,59-60,63,65-66,71,76-77H,5-11,13,16-17,20-21,24-25,29-30,33-34,36-39,42-47H2,1-4H3,(H2-,72,80,81,82,83)/p+1/t56-,57-,59-,60-,63+,65+,66+,68-,69-,70+/m0/s1. The summed E-state index contributed by atoms with van der Waals surface area (Å²) in [5.41, 5.74) is 1.89. The lowest BCUT2D eigenvalue weighted by atomic mass is 9.46. The van der Waals surface area contributed by atoms with Gasteiger partial charge in [-0.15, -0.1) is 0 Å². The highest BCUT2D eigenvalue weighted by atomic mass is 31.2. The van der Waals surface area contributed by atoms with Crippen molar-refractivity contribution in [3.05, 3.63) is 108 Å². The molecule has 10 atom stereocenters. The minimum absolute atomic E-state index is 0.0305. The zero-order valence-corrected chi connectivity index (χ0v) is 53.8. The maximum atomic E-state index is 15.3. The number of phosphoric ester groups is 1. The number of hydrogen-bond donors (Lipinski definition) is 6. The third-order valence-corrected chi connectivity index (χ3v) is 22.2. The van der Waals surface area contributed by atoms with Crippen LogP contribution < -0.4 is 15.2 Å². The van der Waals surface area contributed by atoms with Crippen LogP contribution in [0.4, 0.5) is 10.5 Å². The largest absolute Gasteiger partial charge is 0.524 e. The number of anilines is 1. The Hall–Kier alpha value is -5.11. The lowest BCUT2D eigenvalue weighted by molar-refractivity contribution is -0.931. The van der Waals surface area contributed by atoms with Gasteiger partial charge in [0.1, 0.15) is 18.4 Å². The van der Waals surface area contributed by atoms with Crippen LogP contribution in [0.2, 0.25) is 0 Å². The number of esters is 1. The first kappa shape index (κ1) is 66.8. The molecule has 1 amide bonds. The van der Waals surface area contributed by atoms with Crippen LogP contribution >= 0.6 is 7.82 Å². The van der Waals surface area contributed by atoms with Gasteiger partial charge < -0.3 is 48.4 Å². The summed E-state index contributed by atoms with van der Waals surface area (Å²) in [4.78, 5) is 77.3. The van der Waals surface area contributed by atoms with Crippen molar-refractivity contribution in [2.24, 2.45) is 34.5 Å². The number of amides is 1. The van der Waals surface area contributed by atoms with Gasteiger partial charge in [-0.25, -0.2) is 14.2 Å². The number of hydrogen-bond acceptors (Lipinski definition) is 14. The molecule has 3 aromatic carbocycles. The number of Topliss-reactive ketones (excluding diaryl/α,β-unsaturated/α-hetero) is 1. The Balaban J connectivity index is 0.670. The number of unbranched alkanes of at least 4 members (excludes halogenated alkanes) is 6. The lowest BCUT2D eigenvalue weighted by Gasteiger charge is -2.59. The number of piperidine rings is 1. The van der Waals surface area contributed by atoms with E-state index in [1.165, 1.54) is 12.5 Å². The number of nitrogens with one attached hydrogen (secondary N) is 2. The Morgan fingerprint density at radius 1 is 0.876 bits per heavy atom. The Kier molecular flexibility index (Phi) is 21.9. The molecular weight excluding hydrogens is 1150 g/mol. The normalized spacial score (nSPS) is 28.4. The molecule has 89 heavy (non-hydrogen) atoms. The Labute approximate surface area is 526 Å². The van der Waals surface area contributed by atoms with Crippen LogP contribution in [0.3, 0.4) is 0 Å². The third kappa shape index (κ3) is 15.2. The first-order valence-electron chi connectivity index (χ1n) is 33.4. The molecular formula is C70H98N4O14P+. The van der Waals surface area contributed by atoms with Gasteiger partial charge in [0, 0.05) is 53.4 Å². The number of para-hydroxylation sites is 1. The van der Waals surface area contributed by atoms with Crippen molar-refractivity contribution in [1.82, 2.24) is 10.2 Å². The predicted molar refractivity (Wildman–Crippen MR) is 339 cm³/mol. The first-order chi connectivity index (χ1) is 42.8. The number of likely N-dealkylation sites (N-methyl/N-ethyl adjacent to an activating group) is 1. The summed E-state index contributed by atoms with van der Waals surface area (Å²) in [5, 5.41) is 30.1. The fourth-order valence-corrected chi connectivity index (χ4v) is 17.3. The molecule has 18 nitrogen and oxygen atoms in total. The van der Waals surface area contributed by atoms with Gasteiger partial charge in [0.2, 0.25) is 5.78 Å². The Bertz CT molecular complexity index is 3050. The maximum absolute atomic E-state index is 15.3. The molecule has 4 saturated carbocycles. The minimum Gasteiger partial charge on any atom is -0.453 e. The summed E-state index contributed by atoms with van der Waals surface area (Å²) in [6.07, 6.45) is 18.7. The van der Waals surface area contributed by atoms with E-state index in [1.54, 1.807) is 24.3 Å². The van der Waals surface area contributed by atoms with E-state index >= 15 is 4.79 Å². The van der Waals surface area contributed by atoms with Gasteiger partial charge in [-0.2, -0.15) is 0 Å².